The maximum atomic E-state index is 7.68. The summed E-state index contributed by atoms with van der Waals surface area (Å²) in [7, 11) is -5.06. The molecule has 2 heterocycles. The van der Waals surface area contributed by atoms with Crippen LogP contribution in [0.5, 0.6) is 11.5 Å². The Bertz CT molecular complexity index is 3470. The molecule has 0 bridgehead atoms. The van der Waals surface area contributed by atoms with Gasteiger partial charge < -0.3 is 4.74 Å². The smallest absolute Gasteiger partial charge is 0.188 e. The zero-order chi connectivity index (χ0) is 44.7. The maximum absolute atomic E-state index is 7.68. The summed E-state index contributed by atoms with van der Waals surface area (Å²) in [6, 6.07) is 73.8. The van der Waals surface area contributed by atoms with Gasteiger partial charge in [0.15, 0.2) is 8.07 Å². The molecule has 4 heteroatoms. The number of hydrogen-bond acceptors (Lipinski definition) is 2. The molecule has 0 amide bonds. The van der Waals surface area contributed by atoms with Crippen LogP contribution in [0.3, 0.4) is 0 Å². The average molecular weight is 899 g/mol. The molecule has 4 aliphatic rings. The number of para-hydroxylation sites is 1. The summed E-state index contributed by atoms with van der Waals surface area (Å²) in [6.45, 7) is 14.6. The second-order valence-corrected chi connectivity index (χ2v) is 29.4. The minimum absolute atomic E-state index is 0.0418. The van der Waals surface area contributed by atoms with Crippen LogP contribution in [0.2, 0.25) is 13.1 Å². The lowest BCUT2D eigenvalue weighted by molar-refractivity contribution is 0.489. The van der Waals surface area contributed by atoms with E-state index >= 15 is 0 Å². The van der Waals surface area contributed by atoms with Crippen molar-refractivity contribution in [2.75, 3.05) is 0 Å². The topological polar surface area (TPSA) is 9.23 Å². The van der Waals surface area contributed by atoms with Crippen LogP contribution in [0.4, 0.5) is 0 Å². The Balaban J connectivity index is 1.02. The molecule has 318 valence electrons. The van der Waals surface area contributed by atoms with E-state index in [1.807, 2.05) is 11.8 Å². The lowest BCUT2D eigenvalue weighted by Gasteiger charge is -2.41. The number of hydrogen-bond donors (Lipinski definition) is 0. The van der Waals surface area contributed by atoms with Gasteiger partial charge in [-0.2, -0.15) is 0 Å². The van der Waals surface area contributed by atoms with E-state index in [9.17, 15) is 0 Å². The van der Waals surface area contributed by atoms with E-state index in [0.29, 0.717) is 0 Å². The lowest BCUT2D eigenvalue weighted by Crippen LogP contribution is -2.76. The van der Waals surface area contributed by atoms with E-state index in [2.05, 4.69) is 235 Å². The van der Waals surface area contributed by atoms with Crippen LogP contribution in [0, 0.1) is 0 Å². The van der Waals surface area contributed by atoms with Crippen molar-refractivity contribution in [3.8, 4) is 56.0 Å². The summed E-state index contributed by atoms with van der Waals surface area (Å²) in [6.07, 6.45) is 0. The summed E-state index contributed by atoms with van der Waals surface area (Å²) < 4.78 is 7.68. The molecule has 66 heavy (non-hydrogen) atoms. The second kappa shape index (κ2) is 14.0. The first kappa shape index (κ1) is 39.9. The van der Waals surface area contributed by atoms with Crippen molar-refractivity contribution in [1.29, 1.82) is 0 Å². The van der Waals surface area contributed by atoms with E-state index in [4.69, 9.17) is 4.74 Å². The van der Waals surface area contributed by atoms with Gasteiger partial charge in [0.05, 0.1) is 0 Å². The van der Waals surface area contributed by atoms with Crippen LogP contribution in [0.1, 0.15) is 49.9 Å². The molecule has 0 aromatic heterocycles. The van der Waals surface area contributed by atoms with Crippen molar-refractivity contribution in [3.05, 3.63) is 216 Å². The summed E-state index contributed by atoms with van der Waals surface area (Å²) >= 11 is 2.01. The Hall–Kier alpha value is -6.44. The van der Waals surface area contributed by atoms with Crippen LogP contribution in [0.25, 0.3) is 44.5 Å². The minimum atomic E-state index is -2.97. The highest BCUT2D eigenvalue weighted by molar-refractivity contribution is 8.00. The van der Waals surface area contributed by atoms with E-state index in [-0.39, 0.29) is 10.8 Å². The Morgan fingerprint density at radius 3 is 1.50 bits per heavy atom. The molecule has 0 unspecified atom stereocenters. The first-order valence-corrected chi connectivity index (χ1v) is 29.2. The fourth-order valence-electron chi connectivity index (χ4n) is 12.6. The van der Waals surface area contributed by atoms with Gasteiger partial charge in [-0.25, -0.2) is 0 Å². The van der Waals surface area contributed by atoms with Crippen molar-refractivity contribution in [2.45, 2.75) is 61.4 Å². The predicted molar refractivity (Wildman–Crippen MR) is 283 cm³/mol. The average Bonchev–Trinajstić information content (AvgIpc) is 3.73. The fourth-order valence-corrected chi connectivity index (χ4v) is 23.3. The van der Waals surface area contributed by atoms with Gasteiger partial charge in [0.1, 0.15) is 19.6 Å². The van der Waals surface area contributed by atoms with Crippen LogP contribution < -0.4 is 35.9 Å². The molecule has 0 fully saturated rings. The Labute approximate surface area is 395 Å². The quantitative estimate of drug-likeness (QED) is 0.163. The third-order valence-corrected chi connectivity index (χ3v) is 25.9. The molecular weight excluding hydrogens is 849 g/mol. The van der Waals surface area contributed by atoms with Crippen molar-refractivity contribution in [2.24, 2.45) is 0 Å². The van der Waals surface area contributed by atoms with Crippen LogP contribution in [-0.4, -0.2) is 16.1 Å². The summed E-state index contributed by atoms with van der Waals surface area (Å²) in [4.78, 5) is 2.87. The first-order valence-electron chi connectivity index (χ1n) is 23.4. The molecular formula is C62H50OSSi2. The number of benzene rings is 9. The molecule has 0 saturated heterocycles. The standard InChI is InChI=1S/C62H50OSSi2/c1-61(2)47-30-15-13-26-45(47)55-49(61)34-36-52-58(55)63-57-43(28-18-32-51(57)66(52,41-22-9-7-10-23-41)42-24-11-8-12-25-42)39-20-17-21-40(38-39)44-29-19-33-53-59(44)64-60-54(65(53,5)6)37-35-50-56(60)46-27-14-16-31-48(46)62(50,3)4/h7-38H,1-6H3. The van der Waals surface area contributed by atoms with Crippen molar-refractivity contribution in [1.82, 2.24) is 0 Å². The Kier molecular flexibility index (Phi) is 8.49. The number of ether oxygens (including phenoxy) is 1. The SMILES string of the molecule is CC1(C)c2ccccc2-c2c1ccc1c2Oc2c(-c3cccc(-c4cccc5c4Sc4c(ccc6c4-c4ccccc4C6(C)C)[Si]5(C)C)c3)cccc2[Si]1(c1ccccc1)c1ccccc1. The van der Waals surface area contributed by atoms with E-state index in [1.165, 1.54) is 91.4 Å². The van der Waals surface area contributed by atoms with Gasteiger partial charge >= 0.3 is 0 Å². The molecule has 0 saturated carbocycles. The molecule has 1 nitrogen and oxygen atoms in total. The van der Waals surface area contributed by atoms with Gasteiger partial charge in [-0.05, 0) is 92.8 Å². The Morgan fingerprint density at radius 2 is 0.848 bits per heavy atom. The van der Waals surface area contributed by atoms with Gasteiger partial charge in [-0.3, -0.25) is 0 Å². The maximum Gasteiger partial charge on any atom is 0.188 e. The third kappa shape index (κ3) is 5.24. The van der Waals surface area contributed by atoms with Crippen molar-refractivity contribution in [3.63, 3.8) is 0 Å². The third-order valence-electron chi connectivity index (χ3n) is 15.9. The molecule has 9 aromatic carbocycles. The molecule has 0 atom stereocenters. The predicted octanol–water partition coefficient (Wildman–Crippen LogP) is 12.4. The molecule has 0 spiro atoms. The molecule has 9 aromatic rings. The Morgan fingerprint density at radius 1 is 0.379 bits per heavy atom. The van der Waals surface area contributed by atoms with E-state index in [1.54, 1.807) is 5.19 Å². The minimum Gasteiger partial charge on any atom is -0.456 e. The zero-order valence-corrected chi connectivity index (χ0v) is 41.1. The van der Waals surface area contributed by atoms with Crippen LogP contribution in [0.15, 0.2) is 204 Å². The van der Waals surface area contributed by atoms with E-state index in [0.717, 1.165) is 22.6 Å². The highest BCUT2D eigenvalue weighted by atomic mass is 32.2. The normalized spacial score (nSPS) is 16.6. The van der Waals surface area contributed by atoms with Gasteiger partial charge in [0, 0.05) is 31.7 Å². The van der Waals surface area contributed by atoms with E-state index < -0.39 is 16.1 Å². The fraction of sp³-hybridized carbons (Fsp3) is 0.129. The monoisotopic (exact) mass is 898 g/mol. The number of rotatable bonds is 4. The molecule has 0 radical (unpaired) electrons. The second-order valence-electron chi connectivity index (χ2n) is 20.3. The van der Waals surface area contributed by atoms with Crippen molar-refractivity contribution >= 4 is 59.0 Å². The molecule has 2 aliphatic heterocycles. The van der Waals surface area contributed by atoms with Gasteiger partial charge in [-0.15, -0.1) is 0 Å². The highest BCUT2D eigenvalue weighted by Gasteiger charge is 2.51. The molecule has 2 aliphatic carbocycles. The summed E-state index contributed by atoms with van der Waals surface area (Å²) in [5.41, 5.74) is 15.5. The summed E-state index contributed by atoms with van der Waals surface area (Å²) in [5.74, 6) is 1.98. The van der Waals surface area contributed by atoms with Gasteiger partial charge in [-0.1, -0.05) is 241 Å². The molecule has 13 rings (SSSR count). The number of fused-ring (bicyclic) bond motifs is 12. The zero-order valence-electron chi connectivity index (χ0n) is 38.3. The van der Waals surface area contributed by atoms with Crippen LogP contribution in [-0.2, 0) is 10.8 Å². The lowest BCUT2D eigenvalue weighted by atomic mass is 9.82. The van der Waals surface area contributed by atoms with Crippen molar-refractivity contribution < 1.29 is 4.74 Å². The van der Waals surface area contributed by atoms with Crippen LogP contribution >= 0.6 is 11.8 Å². The largest absolute Gasteiger partial charge is 0.456 e. The summed E-state index contributed by atoms with van der Waals surface area (Å²) in [5, 5.41) is 8.38. The highest BCUT2D eigenvalue weighted by Crippen LogP contribution is 2.56. The molecule has 0 N–H and O–H groups in total. The first-order chi connectivity index (χ1) is 32.0. The van der Waals surface area contributed by atoms with Gasteiger partial charge in [0.25, 0.3) is 0 Å². The van der Waals surface area contributed by atoms with Gasteiger partial charge in [0.2, 0.25) is 0 Å².